The normalized spacial score (nSPS) is 12.6. The Labute approximate surface area is 109 Å². The summed E-state index contributed by atoms with van der Waals surface area (Å²) in [6.45, 7) is -7.69. The molecule has 0 fully saturated rings. The standard InChI is InChI=1S/C10H9BF7O2/c12-9-5-7(1-2-8(9)11(16,17)18)20-4-3-19-6-10(13,14)15/h1-2,5H,3-4,6H2/q-1. The Hall–Kier alpha value is -1.45. The molecule has 0 aliphatic rings. The number of halogens is 7. The van der Waals surface area contributed by atoms with E-state index >= 15 is 0 Å². The second-order valence-electron chi connectivity index (χ2n) is 3.77. The molecule has 0 saturated heterocycles. The molecule has 0 atom stereocenters. The van der Waals surface area contributed by atoms with Crippen LogP contribution >= 0.6 is 0 Å². The number of ether oxygens (including phenoxy) is 2. The van der Waals surface area contributed by atoms with Crippen LogP contribution in [-0.4, -0.2) is 33.0 Å². The molecule has 0 saturated carbocycles. The maximum Gasteiger partial charge on any atom is 0.512 e. The molecule has 0 spiro atoms. The van der Waals surface area contributed by atoms with Gasteiger partial charge in [0.2, 0.25) is 0 Å². The highest BCUT2D eigenvalue weighted by Crippen LogP contribution is 2.17. The van der Waals surface area contributed by atoms with Gasteiger partial charge in [0.15, 0.2) is 0 Å². The van der Waals surface area contributed by atoms with E-state index in [1.165, 1.54) is 0 Å². The number of alkyl halides is 3. The van der Waals surface area contributed by atoms with Gasteiger partial charge in [-0.25, -0.2) is 4.39 Å². The van der Waals surface area contributed by atoms with Crippen molar-refractivity contribution in [3.8, 4) is 5.75 Å². The van der Waals surface area contributed by atoms with Crippen LogP contribution in [-0.2, 0) is 4.74 Å². The lowest BCUT2D eigenvalue weighted by Gasteiger charge is -2.16. The first-order chi connectivity index (χ1) is 9.09. The topological polar surface area (TPSA) is 18.5 Å². The fraction of sp³-hybridized carbons (Fsp3) is 0.400. The van der Waals surface area contributed by atoms with Crippen molar-refractivity contribution < 1.29 is 40.0 Å². The van der Waals surface area contributed by atoms with Gasteiger partial charge < -0.3 is 22.4 Å². The van der Waals surface area contributed by atoms with Gasteiger partial charge in [-0.3, -0.25) is 0 Å². The Morgan fingerprint density at radius 3 is 2.20 bits per heavy atom. The molecular weight excluding hydrogens is 296 g/mol. The first kappa shape index (κ1) is 16.6. The van der Waals surface area contributed by atoms with Crippen LogP contribution < -0.4 is 10.2 Å². The van der Waals surface area contributed by atoms with Crippen LogP contribution in [0.5, 0.6) is 5.75 Å². The van der Waals surface area contributed by atoms with Crippen LogP contribution in [0.3, 0.4) is 0 Å². The average molecular weight is 305 g/mol. The molecule has 20 heavy (non-hydrogen) atoms. The maximum atomic E-state index is 13.1. The number of rotatable bonds is 6. The zero-order chi connectivity index (χ0) is 15.4. The molecule has 114 valence electrons. The van der Waals surface area contributed by atoms with E-state index in [2.05, 4.69) is 4.74 Å². The molecule has 0 unspecified atom stereocenters. The van der Waals surface area contributed by atoms with E-state index in [0.717, 1.165) is 6.07 Å². The van der Waals surface area contributed by atoms with E-state index in [9.17, 15) is 30.5 Å². The smallest absolute Gasteiger partial charge is 0.491 e. The van der Waals surface area contributed by atoms with Crippen molar-refractivity contribution in [1.82, 2.24) is 0 Å². The zero-order valence-electron chi connectivity index (χ0n) is 9.89. The molecule has 10 heteroatoms. The van der Waals surface area contributed by atoms with Gasteiger partial charge in [-0.05, 0) is 6.07 Å². The molecule has 1 aromatic rings. The van der Waals surface area contributed by atoms with Gasteiger partial charge in [0.25, 0.3) is 0 Å². The molecule has 1 aromatic carbocycles. The fourth-order valence-electron chi connectivity index (χ4n) is 1.27. The fourth-order valence-corrected chi connectivity index (χ4v) is 1.27. The molecule has 2 nitrogen and oxygen atoms in total. The lowest BCUT2D eigenvalue weighted by Crippen LogP contribution is -2.36. The SMILES string of the molecule is Fc1cc(OCCOCC(F)(F)F)ccc1[B-](F)(F)F. The lowest BCUT2D eigenvalue weighted by atomic mass is 9.80. The summed E-state index contributed by atoms with van der Waals surface area (Å²) < 4.78 is 94.1. The van der Waals surface area contributed by atoms with Gasteiger partial charge in [0.05, 0.1) is 12.4 Å². The lowest BCUT2D eigenvalue weighted by molar-refractivity contribution is -0.175. The predicted molar refractivity (Wildman–Crippen MR) is 57.5 cm³/mol. The van der Waals surface area contributed by atoms with Gasteiger partial charge in [0, 0.05) is 6.07 Å². The van der Waals surface area contributed by atoms with Crippen LogP contribution in [0.25, 0.3) is 0 Å². The van der Waals surface area contributed by atoms with Gasteiger partial charge >= 0.3 is 13.2 Å². The highest BCUT2D eigenvalue weighted by Gasteiger charge is 2.29. The van der Waals surface area contributed by atoms with Crippen LogP contribution in [0.1, 0.15) is 0 Å². The Morgan fingerprint density at radius 1 is 1.05 bits per heavy atom. The van der Waals surface area contributed by atoms with Crippen molar-refractivity contribution in [3.63, 3.8) is 0 Å². The largest absolute Gasteiger partial charge is 0.512 e. The minimum atomic E-state index is -5.46. The van der Waals surface area contributed by atoms with E-state index < -0.39 is 37.6 Å². The first-order valence-electron chi connectivity index (χ1n) is 5.36. The zero-order valence-corrected chi connectivity index (χ0v) is 9.89. The Morgan fingerprint density at radius 2 is 1.70 bits per heavy atom. The summed E-state index contributed by atoms with van der Waals surface area (Å²) in [7, 11) is 0. The monoisotopic (exact) mass is 305 g/mol. The number of hydrogen-bond acceptors (Lipinski definition) is 2. The van der Waals surface area contributed by atoms with E-state index in [1.807, 2.05) is 0 Å². The van der Waals surface area contributed by atoms with Crippen LogP contribution in [0.2, 0.25) is 0 Å². The quantitative estimate of drug-likeness (QED) is 0.457. The molecule has 1 rings (SSSR count). The Balaban J connectivity index is 2.45. The molecule has 0 aliphatic carbocycles. The third kappa shape index (κ3) is 5.68. The summed E-state index contributed by atoms with van der Waals surface area (Å²) in [6.07, 6.45) is -4.47. The first-order valence-corrected chi connectivity index (χ1v) is 5.36. The van der Waals surface area contributed by atoms with Crippen molar-refractivity contribution >= 4 is 12.4 Å². The Bertz CT molecular complexity index is 444. The van der Waals surface area contributed by atoms with E-state index in [0.29, 0.717) is 12.1 Å². The van der Waals surface area contributed by atoms with Crippen molar-refractivity contribution in [2.24, 2.45) is 0 Å². The van der Waals surface area contributed by atoms with Crippen molar-refractivity contribution in [2.75, 3.05) is 19.8 Å². The highest BCUT2D eigenvalue weighted by atomic mass is 19.4. The summed E-state index contributed by atoms with van der Waals surface area (Å²) in [4.78, 5) is 0. The van der Waals surface area contributed by atoms with Crippen LogP contribution in [0, 0.1) is 5.82 Å². The number of benzene rings is 1. The van der Waals surface area contributed by atoms with Crippen molar-refractivity contribution in [2.45, 2.75) is 6.18 Å². The predicted octanol–water partition coefficient (Wildman–Crippen LogP) is 2.84. The molecule has 0 heterocycles. The third-order valence-electron chi connectivity index (χ3n) is 2.09. The summed E-state index contributed by atoms with van der Waals surface area (Å²) in [5, 5.41) is 0. The molecule has 0 amide bonds. The summed E-state index contributed by atoms with van der Waals surface area (Å²) in [5.74, 6) is -1.71. The average Bonchev–Trinajstić information content (AvgIpc) is 2.25. The highest BCUT2D eigenvalue weighted by molar-refractivity contribution is 6.73. The summed E-state index contributed by atoms with van der Waals surface area (Å²) in [6, 6.07) is 1.92. The summed E-state index contributed by atoms with van der Waals surface area (Å²) in [5.41, 5.74) is -1.38. The second-order valence-corrected chi connectivity index (χ2v) is 3.77. The van der Waals surface area contributed by atoms with Gasteiger partial charge in [-0.2, -0.15) is 13.2 Å². The van der Waals surface area contributed by atoms with Crippen LogP contribution in [0.15, 0.2) is 18.2 Å². The van der Waals surface area contributed by atoms with Crippen molar-refractivity contribution in [3.05, 3.63) is 24.0 Å². The number of hydrogen-bond donors (Lipinski definition) is 0. The molecule has 0 aromatic heterocycles. The van der Waals surface area contributed by atoms with E-state index in [1.54, 1.807) is 0 Å². The molecule has 0 aliphatic heterocycles. The van der Waals surface area contributed by atoms with Crippen molar-refractivity contribution in [1.29, 1.82) is 0 Å². The molecule has 0 N–H and O–H groups in total. The summed E-state index contributed by atoms with van der Waals surface area (Å²) >= 11 is 0. The van der Waals surface area contributed by atoms with Gasteiger partial charge in [0.1, 0.15) is 19.0 Å². The minimum Gasteiger partial charge on any atom is -0.491 e. The molecular formula is C10H9BF7O2-. The van der Waals surface area contributed by atoms with Gasteiger partial charge in [-0.1, -0.05) is 11.5 Å². The minimum absolute atomic E-state index is 0.220. The van der Waals surface area contributed by atoms with E-state index in [4.69, 9.17) is 4.74 Å². The third-order valence-corrected chi connectivity index (χ3v) is 2.09. The van der Waals surface area contributed by atoms with E-state index in [-0.39, 0.29) is 12.4 Å². The van der Waals surface area contributed by atoms with Crippen LogP contribution in [0.4, 0.5) is 30.5 Å². The second kappa shape index (κ2) is 6.34. The van der Waals surface area contributed by atoms with Gasteiger partial charge in [-0.15, -0.1) is 0 Å². The molecule has 0 bridgehead atoms. The molecule has 0 radical (unpaired) electrons. The Kier molecular flexibility index (Phi) is 5.26. The maximum absolute atomic E-state index is 13.1.